The van der Waals surface area contributed by atoms with Crippen molar-refractivity contribution in [3.05, 3.63) is 28.8 Å². The quantitative estimate of drug-likeness (QED) is 0.779. The van der Waals surface area contributed by atoms with Crippen LogP contribution in [0.4, 0.5) is 0 Å². The number of carbonyl (C=O) groups is 1. The van der Waals surface area contributed by atoms with Crippen molar-refractivity contribution in [2.24, 2.45) is 0 Å². The number of nitrogens with zero attached hydrogens (tertiary/aromatic N) is 3. The lowest BCUT2D eigenvalue weighted by molar-refractivity contribution is -0.145. The molecular weight excluding hydrogens is 326 g/mol. The van der Waals surface area contributed by atoms with Gasteiger partial charge < -0.3 is 9.26 Å². The molecule has 0 spiro atoms. The highest BCUT2D eigenvalue weighted by Gasteiger charge is 2.26. The Hall–Kier alpha value is -1.76. The first-order valence-corrected chi connectivity index (χ1v) is 7.06. The highest BCUT2D eigenvalue weighted by Crippen LogP contribution is 2.24. The van der Waals surface area contributed by atoms with Gasteiger partial charge in [-0.1, -0.05) is 12.1 Å². The molecule has 0 aromatic carbocycles. The molecule has 2 aromatic rings. The van der Waals surface area contributed by atoms with Gasteiger partial charge >= 0.3 is 5.97 Å². The maximum atomic E-state index is 11.8. The lowest BCUT2D eigenvalue weighted by Crippen LogP contribution is -2.15. The normalized spacial score (nSPS) is 12.2. The van der Waals surface area contributed by atoms with Crippen LogP contribution in [-0.4, -0.2) is 27.7 Å². The molecule has 0 aliphatic carbocycles. The maximum Gasteiger partial charge on any atom is 0.318 e. The standard InChI is InChI=1S/C13H14BrN3O3/c1-3-10(13(18)19-4-2)12-16-11(17-20-12)8-5-9(14)7-15-6-8/h5-7,10H,3-4H2,1-2H3. The zero-order valence-corrected chi connectivity index (χ0v) is 12.8. The Bertz CT molecular complexity index is 600. The van der Waals surface area contributed by atoms with E-state index in [0.717, 1.165) is 4.47 Å². The molecule has 1 atom stereocenters. The van der Waals surface area contributed by atoms with Crippen molar-refractivity contribution in [3.8, 4) is 11.4 Å². The summed E-state index contributed by atoms with van der Waals surface area (Å²) in [6.45, 7) is 3.95. The van der Waals surface area contributed by atoms with Gasteiger partial charge in [-0.15, -0.1) is 0 Å². The summed E-state index contributed by atoms with van der Waals surface area (Å²) in [6.07, 6.45) is 3.83. The summed E-state index contributed by atoms with van der Waals surface area (Å²) in [5, 5.41) is 3.88. The molecule has 0 aliphatic heterocycles. The van der Waals surface area contributed by atoms with E-state index in [-0.39, 0.29) is 11.9 Å². The van der Waals surface area contributed by atoms with Crippen LogP contribution in [0.1, 0.15) is 32.1 Å². The topological polar surface area (TPSA) is 78.1 Å². The Labute approximate surface area is 124 Å². The lowest BCUT2D eigenvalue weighted by Gasteiger charge is -2.08. The minimum Gasteiger partial charge on any atom is -0.465 e. The number of carbonyl (C=O) groups excluding carboxylic acids is 1. The fourth-order valence-corrected chi connectivity index (χ4v) is 2.08. The summed E-state index contributed by atoms with van der Waals surface area (Å²) in [5.74, 6) is -0.216. The van der Waals surface area contributed by atoms with Gasteiger partial charge in [0.15, 0.2) is 0 Å². The smallest absolute Gasteiger partial charge is 0.318 e. The van der Waals surface area contributed by atoms with E-state index < -0.39 is 5.92 Å². The summed E-state index contributed by atoms with van der Waals surface area (Å²) in [5.41, 5.74) is 0.716. The molecule has 0 N–H and O–H groups in total. The van der Waals surface area contributed by atoms with Gasteiger partial charge in [-0.3, -0.25) is 9.78 Å². The first-order chi connectivity index (χ1) is 9.65. The number of hydrogen-bond acceptors (Lipinski definition) is 6. The first kappa shape index (κ1) is 14.6. The SMILES string of the molecule is CCOC(=O)C(CC)c1nc(-c2cncc(Br)c2)no1. The van der Waals surface area contributed by atoms with Crippen LogP contribution in [0.2, 0.25) is 0 Å². The summed E-state index contributed by atoms with van der Waals surface area (Å²) in [6, 6.07) is 1.83. The Morgan fingerprint density at radius 2 is 2.25 bits per heavy atom. The Morgan fingerprint density at radius 3 is 2.90 bits per heavy atom. The zero-order valence-electron chi connectivity index (χ0n) is 11.2. The molecular formula is C13H14BrN3O3. The Balaban J connectivity index is 2.25. The molecule has 0 fully saturated rings. The average Bonchev–Trinajstić information content (AvgIpc) is 2.89. The van der Waals surface area contributed by atoms with Crippen LogP contribution in [0.25, 0.3) is 11.4 Å². The molecule has 2 rings (SSSR count). The Morgan fingerprint density at radius 1 is 1.45 bits per heavy atom. The number of esters is 1. The molecule has 2 aromatic heterocycles. The number of rotatable bonds is 5. The third-order valence-electron chi connectivity index (χ3n) is 2.68. The molecule has 1 unspecified atom stereocenters. The van der Waals surface area contributed by atoms with Gasteiger partial charge in [0.2, 0.25) is 11.7 Å². The lowest BCUT2D eigenvalue weighted by atomic mass is 10.1. The van der Waals surface area contributed by atoms with Crippen LogP contribution < -0.4 is 0 Å². The fourth-order valence-electron chi connectivity index (χ4n) is 1.71. The third kappa shape index (κ3) is 3.22. The maximum absolute atomic E-state index is 11.8. The van der Waals surface area contributed by atoms with Crippen molar-refractivity contribution in [2.45, 2.75) is 26.2 Å². The van der Waals surface area contributed by atoms with E-state index >= 15 is 0 Å². The summed E-state index contributed by atoms with van der Waals surface area (Å²) >= 11 is 3.33. The van der Waals surface area contributed by atoms with E-state index in [4.69, 9.17) is 9.26 Å². The number of pyridine rings is 1. The molecule has 6 nitrogen and oxygen atoms in total. The molecule has 0 saturated carbocycles. The molecule has 0 aliphatic rings. The van der Waals surface area contributed by atoms with E-state index in [0.29, 0.717) is 24.4 Å². The van der Waals surface area contributed by atoms with Crippen LogP contribution in [0.15, 0.2) is 27.5 Å². The summed E-state index contributed by atoms with van der Waals surface area (Å²) in [7, 11) is 0. The second kappa shape index (κ2) is 6.60. The molecule has 2 heterocycles. The van der Waals surface area contributed by atoms with Gasteiger partial charge in [0.05, 0.1) is 6.61 Å². The van der Waals surface area contributed by atoms with Gasteiger partial charge in [0.25, 0.3) is 0 Å². The van der Waals surface area contributed by atoms with E-state index in [1.807, 2.05) is 13.0 Å². The molecule has 0 radical (unpaired) electrons. The minimum absolute atomic E-state index is 0.265. The van der Waals surface area contributed by atoms with E-state index in [1.165, 1.54) is 0 Å². The Kier molecular flexibility index (Phi) is 4.84. The number of ether oxygens (including phenoxy) is 1. The average molecular weight is 340 g/mol. The second-order valence-electron chi connectivity index (χ2n) is 4.06. The van der Waals surface area contributed by atoms with Crippen molar-refractivity contribution in [1.29, 1.82) is 0 Å². The van der Waals surface area contributed by atoms with Crippen molar-refractivity contribution < 1.29 is 14.1 Å². The predicted molar refractivity (Wildman–Crippen MR) is 74.9 cm³/mol. The largest absolute Gasteiger partial charge is 0.465 e. The van der Waals surface area contributed by atoms with Crippen LogP contribution >= 0.6 is 15.9 Å². The van der Waals surface area contributed by atoms with Gasteiger partial charge in [0, 0.05) is 22.4 Å². The third-order valence-corrected chi connectivity index (χ3v) is 3.12. The van der Waals surface area contributed by atoms with Gasteiger partial charge in [-0.25, -0.2) is 0 Å². The first-order valence-electron chi connectivity index (χ1n) is 6.26. The van der Waals surface area contributed by atoms with Crippen molar-refractivity contribution in [1.82, 2.24) is 15.1 Å². The molecule has 7 heteroatoms. The molecule has 20 heavy (non-hydrogen) atoms. The van der Waals surface area contributed by atoms with Crippen LogP contribution in [-0.2, 0) is 9.53 Å². The van der Waals surface area contributed by atoms with E-state index in [2.05, 4.69) is 31.1 Å². The molecule has 0 saturated heterocycles. The van der Waals surface area contributed by atoms with Crippen LogP contribution in [0, 0.1) is 0 Å². The second-order valence-corrected chi connectivity index (χ2v) is 4.98. The van der Waals surface area contributed by atoms with Crippen molar-refractivity contribution in [2.75, 3.05) is 6.61 Å². The summed E-state index contributed by atoms with van der Waals surface area (Å²) < 4.78 is 11.0. The monoisotopic (exact) mass is 339 g/mol. The zero-order chi connectivity index (χ0) is 14.5. The minimum atomic E-state index is -0.531. The molecule has 0 bridgehead atoms. The van der Waals surface area contributed by atoms with Crippen molar-refractivity contribution >= 4 is 21.9 Å². The van der Waals surface area contributed by atoms with Gasteiger partial charge in [-0.2, -0.15) is 4.98 Å². The van der Waals surface area contributed by atoms with Crippen LogP contribution in [0.3, 0.4) is 0 Å². The van der Waals surface area contributed by atoms with Crippen molar-refractivity contribution in [3.63, 3.8) is 0 Å². The molecule has 0 amide bonds. The predicted octanol–water partition coefficient (Wildman–Crippen LogP) is 2.95. The highest BCUT2D eigenvalue weighted by molar-refractivity contribution is 9.10. The van der Waals surface area contributed by atoms with E-state index in [9.17, 15) is 4.79 Å². The fraction of sp³-hybridized carbons (Fsp3) is 0.385. The number of aromatic nitrogens is 3. The number of halogens is 1. The van der Waals surface area contributed by atoms with Gasteiger partial charge in [-0.05, 0) is 35.3 Å². The number of hydrogen-bond donors (Lipinski definition) is 0. The summed E-state index contributed by atoms with van der Waals surface area (Å²) in [4.78, 5) is 20.1. The van der Waals surface area contributed by atoms with E-state index in [1.54, 1.807) is 19.3 Å². The van der Waals surface area contributed by atoms with Crippen LogP contribution in [0.5, 0.6) is 0 Å². The van der Waals surface area contributed by atoms with Gasteiger partial charge in [0.1, 0.15) is 5.92 Å². The molecule has 106 valence electrons. The highest BCUT2D eigenvalue weighted by atomic mass is 79.9.